The van der Waals surface area contributed by atoms with Gasteiger partial charge in [0.1, 0.15) is 12.0 Å². The molecule has 2 heteroatoms. The van der Waals surface area contributed by atoms with Crippen LogP contribution in [0, 0.1) is 0 Å². The zero-order chi connectivity index (χ0) is 12.1. The third kappa shape index (κ3) is 10.9. The topological polar surface area (TPSA) is 40.5 Å². The molecule has 0 aromatic heterocycles. The zero-order valence-electron chi connectivity index (χ0n) is 10.2. The van der Waals surface area contributed by atoms with Crippen molar-refractivity contribution < 1.29 is 10.2 Å². The van der Waals surface area contributed by atoms with Crippen molar-refractivity contribution in [1.82, 2.24) is 0 Å². The summed E-state index contributed by atoms with van der Waals surface area (Å²) in [7, 11) is 0. The summed E-state index contributed by atoms with van der Waals surface area (Å²) in [4.78, 5) is 0. The Hall–Kier alpha value is -1.18. The Morgan fingerprint density at radius 2 is 1.69 bits per heavy atom. The van der Waals surface area contributed by atoms with Crippen molar-refractivity contribution in [2.24, 2.45) is 0 Å². The fourth-order valence-corrected chi connectivity index (χ4v) is 1.41. The highest BCUT2D eigenvalue weighted by molar-refractivity contribution is 5.14. The van der Waals surface area contributed by atoms with Crippen molar-refractivity contribution in [2.45, 2.75) is 51.9 Å². The van der Waals surface area contributed by atoms with Gasteiger partial charge in [0.15, 0.2) is 0 Å². The Morgan fingerprint density at radius 3 is 2.38 bits per heavy atom. The Morgan fingerprint density at radius 1 is 1.00 bits per heavy atom. The molecule has 0 bridgehead atoms. The SMILES string of the molecule is CCCCCCCCC=CC=CC(O)=CO. The molecule has 0 radical (unpaired) electrons. The third-order valence-electron chi connectivity index (χ3n) is 2.37. The Labute approximate surface area is 99.0 Å². The number of aliphatic hydroxyl groups excluding tert-OH is 2. The molecular formula is C14H24O2. The molecule has 2 N–H and O–H groups in total. The van der Waals surface area contributed by atoms with E-state index in [-0.39, 0.29) is 5.76 Å². The molecule has 0 amide bonds. The lowest BCUT2D eigenvalue weighted by atomic mass is 10.1. The first kappa shape index (κ1) is 14.8. The first-order valence-electron chi connectivity index (χ1n) is 6.17. The summed E-state index contributed by atoms with van der Waals surface area (Å²) in [6.07, 6.45) is 16.8. The molecule has 2 nitrogen and oxygen atoms in total. The highest BCUT2D eigenvalue weighted by Crippen LogP contribution is 2.07. The van der Waals surface area contributed by atoms with Crippen LogP contribution in [0.4, 0.5) is 0 Å². The second kappa shape index (κ2) is 11.9. The fraction of sp³-hybridized carbons (Fsp3) is 0.571. The van der Waals surface area contributed by atoms with Crippen LogP contribution in [0.15, 0.2) is 36.3 Å². The maximum atomic E-state index is 8.87. The van der Waals surface area contributed by atoms with E-state index in [4.69, 9.17) is 10.2 Å². The average molecular weight is 224 g/mol. The lowest BCUT2D eigenvalue weighted by molar-refractivity contribution is 0.377. The largest absolute Gasteiger partial charge is 0.512 e. The molecule has 0 saturated heterocycles. The molecule has 0 unspecified atom stereocenters. The Kier molecular flexibility index (Phi) is 11.0. The minimum absolute atomic E-state index is 0.121. The van der Waals surface area contributed by atoms with Gasteiger partial charge >= 0.3 is 0 Å². The molecule has 0 aliphatic carbocycles. The molecule has 0 fully saturated rings. The predicted octanol–water partition coefficient (Wildman–Crippen LogP) is 4.81. The number of aliphatic hydroxyl groups is 2. The van der Waals surface area contributed by atoms with Gasteiger partial charge in [-0.3, -0.25) is 0 Å². The first-order chi connectivity index (χ1) is 7.81. The van der Waals surface area contributed by atoms with Gasteiger partial charge in [-0.15, -0.1) is 0 Å². The van der Waals surface area contributed by atoms with Crippen molar-refractivity contribution in [2.75, 3.05) is 0 Å². The monoisotopic (exact) mass is 224 g/mol. The van der Waals surface area contributed by atoms with E-state index >= 15 is 0 Å². The van der Waals surface area contributed by atoms with Gasteiger partial charge in [-0.25, -0.2) is 0 Å². The minimum atomic E-state index is -0.121. The third-order valence-corrected chi connectivity index (χ3v) is 2.37. The van der Waals surface area contributed by atoms with Crippen LogP contribution < -0.4 is 0 Å². The van der Waals surface area contributed by atoms with Gasteiger partial charge in [0.05, 0.1) is 0 Å². The zero-order valence-corrected chi connectivity index (χ0v) is 10.2. The molecule has 0 aromatic carbocycles. The van der Waals surface area contributed by atoms with Crippen molar-refractivity contribution in [3.8, 4) is 0 Å². The van der Waals surface area contributed by atoms with Crippen LogP contribution in [0.2, 0.25) is 0 Å². The van der Waals surface area contributed by atoms with E-state index in [1.807, 2.05) is 6.08 Å². The van der Waals surface area contributed by atoms with Crippen molar-refractivity contribution in [1.29, 1.82) is 0 Å². The smallest absolute Gasteiger partial charge is 0.149 e. The molecule has 92 valence electrons. The molecule has 0 aliphatic rings. The van der Waals surface area contributed by atoms with E-state index < -0.39 is 0 Å². The van der Waals surface area contributed by atoms with E-state index in [1.165, 1.54) is 44.6 Å². The quantitative estimate of drug-likeness (QED) is 0.335. The van der Waals surface area contributed by atoms with Crippen LogP contribution in [0.3, 0.4) is 0 Å². The molecule has 0 aliphatic heterocycles. The second-order valence-electron chi connectivity index (χ2n) is 3.90. The number of allylic oxidation sites excluding steroid dienone is 4. The van der Waals surface area contributed by atoms with E-state index in [9.17, 15) is 0 Å². The normalized spacial score (nSPS) is 12.9. The summed E-state index contributed by atoms with van der Waals surface area (Å²) in [6, 6.07) is 0. The molecule has 0 rings (SSSR count). The maximum absolute atomic E-state index is 8.87. The maximum Gasteiger partial charge on any atom is 0.149 e. The van der Waals surface area contributed by atoms with Crippen molar-refractivity contribution in [3.05, 3.63) is 36.3 Å². The van der Waals surface area contributed by atoms with Gasteiger partial charge in [-0.05, 0) is 18.9 Å². The van der Waals surface area contributed by atoms with Crippen molar-refractivity contribution in [3.63, 3.8) is 0 Å². The highest BCUT2D eigenvalue weighted by atomic mass is 16.3. The second-order valence-corrected chi connectivity index (χ2v) is 3.90. The standard InChI is InChI=1S/C14H24O2/c1-2-3-4-5-6-7-8-9-10-11-12-14(16)13-15/h9-13,15-16H,2-8H2,1H3. The summed E-state index contributed by atoms with van der Waals surface area (Å²) in [6.45, 7) is 2.23. The minimum Gasteiger partial charge on any atom is -0.512 e. The van der Waals surface area contributed by atoms with Crippen LogP contribution in [0.1, 0.15) is 51.9 Å². The highest BCUT2D eigenvalue weighted by Gasteiger charge is 1.87. The van der Waals surface area contributed by atoms with Crippen LogP contribution >= 0.6 is 0 Å². The molecule has 16 heavy (non-hydrogen) atoms. The Balaban J connectivity index is 3.31. The molecule has 0 atom stereocenters. The average Bonchev–Trinajstić information content (AvgIpc) is 2.31. The predicted molar refractivity (Wildman–Crippen MR) is 69.6 cm³/mol. The van der Waals surface area contributed by atoms with E-state index in [2.05, 4.69) is 13.0 Å². The van der Waals surface area contributed by atoms with Gasteiger partial charge < -0.3 is 10.2 Å². The van der Waals surface area contributed by atoms with E-state index in [0.29, 0.717) is 6.26 Å². The van der Waals surface area contributed by atoms with Crippen LogP contribution in [-0.2, 0) is 0 Å². The fourth-order valence-electron chi connectivity index (χ4n) is 1.41. The van der Waals surface area contributed by atoms with Crippen LogP contribution in [0.25, 0.3) is 0 Å². The van der Waals surface area contributed by atoms with E-state index in [1.54, 1.807) is 6.08 Å². The molecule has 0 saturated carbocycles. The van der Waals surface area contributed by atoms with Crippen molar-refractivity contribution >= 4 is 0 Å². The number of hydrogen-bond donors (Lipinski definition) is 2. The summed E-state index contributed by atoms with van der Waals surface area (Å²) >= 11 is 0. The van der Waals surface area contributed by atoms with Crippen LogP contribution in [-0.4, -0.2) is 10.2 Å². The number of unbranched alkanes of at least 4 members (excludes halogenated alkanes) is 6. The molecular weight excluding hydrogens is 200 g/mol. The van der Waals surface area contributed by atoms with Crippen LogP contribution in [0.5, 0.6) is 0 Å². The Bertz CT molecular complexity index is 227. The molecule has 0 aromatic rings. The molecule has 0 spiro atoms. The summed E-state index contributed by atoms with van der Waals surface area (Å²) in [5, 5.41) is 17.3. The van der Waals surface area contributed by atoms with Gasteiger partial charge in [0.25, 0.3) is 0 Å². The molecule has 0 heterocycles. The van der Waals surface area contributed by atoms with Gasteiger partial charge in [0, 0.05) is 0 Å². The summed E-state index contributed by atoms with van der Waals surface area (Å²) in [5.41, 5.74) is 0. The number of rotatable bonds is 9. The number of hydrogen-bond acceptors (Lipinski definition) is 2. The lowest BCUT2D eigenvalue weighted by Crippen LogP contribution is -1.77. The van der Waals surface area contributed by atoms with Gasteiger partial charge in [-0.1, -0.05) is 57.3 Å². The van der Waals surface area contributed by atoms with E-state index in [0.717, 1.165) is 6.42 Å². The summed E-state index contributed by atoms with van der Waals surface area (Å²) < 4.78 is 0. The first-order valence-corrected chi connectivity index (χ1v) is 6.17. The van der Waals surface area contributed by atoms with Gasteiger partial charge in [0.2, 0.25) is 0 Å². The van der Waals surface area contributed by atoms with Gasteiger partial charge in [-0.2, -0.15) is 0 Å². The lowest BCUT2D eigenvalue weighted by Gasteiger charge is -1.97. The summed E-state index contributed by atoms with van der Waals surface area (Å²) in [5.74, 6) is -0.121.